The third-order valence-electron chi connectivity index (χ3n) is 6.92. The maximum atomic E-state index is 13.1. The third kappa shape index (κ3) is 5.65. The number of rotatable bonds is 10. The molecule has 8 nitrogen and oxygen atoms in total. The van der Waals surface area contributed by atoms with Crippen LogP contribution in [0.4, 0.5) is 4.79 Å². The van der Waals surface area contributed by atoms with E-state index in [0.29, 0.717) is 6.54 Å². The Labute approximate surface area is 205 Å². The van der Waals surface area contributed by atoms with Crippen LogP contribution < -0.4 is 10.6 Å². The van der Waals surface area contributed by atoms with Gasteiger partial charge in [-0.2, -0.15) is 0 Å². The van der Waals surface area contributed by atoms with Crippen LogP contribution in [0.1, 0.15) is 49.1 Å². The van der Waals surface area contributed by atoms with E-state index < -0.39 is 18.1 Å². The fourth-order valence-electron chi connectivity index (χ4n) is 5.20. The molecule has 0 bridgehead atoms. The van der Waals surface area contributed by atoms with Crippen molar-refractivity contribution in [2.24, 2.45) is 0 Å². The average Bonchev–Trinajstić information content (AvgIpc) is 3.12. The number of hydrogen-bond acceptors (Lipinski definition) is 5. The standard InChI is InChI=1S/C27H33N3O5/c1-30(2)17-27(14-7-15-27)29-25(33)23(12-13-24(31)32)28-26(34)35-16-22-20-10-5-3-8-18(20)19-9-4-6-11-21(19)22/h3-6,8-11,22-23H,7,12-17H2,1-2H3,(H,28,34)(H,29,33)(H,31,32). The van der Waals surface area contributed by atoms with Crippen molar-refractivity contribution >= 4 is 18.0 Å². The van der Waals surface area contributed by atoms with Crippen molar-refractivity contribution in [3.63, 3.8) is 0 Å². The zero-order valence-corrected chi connectivity index (χ0v) is 20.3. The van der Waals surface area contributed by atoms with Crippen LogP contribution in [0.2, 0.25) is 0 Å². The number of carbonyl (C=O) groups excluding carboxylic acids is 2. The lowest BCUT2D eigenvalue weighted by Gasteiger charge is -2.45. The molecule has 0 saturated heterocycles. The lowest BCUT2D eigenvalue weighted by molar-refractivity contribution is -0.137. The summed E-state index contributed by atoms with van der Waals surface area (Å²) < 4.78 is 5.58. The van der Waals surface area contributed by atoms with Gasteiger partial charge in [0.05, 0.1) is 5.54 Å². The smallest absolute Gasteiger partial charge is 0.407 e. The SMILES string of the molecule is CN(C)CC1(NC(=O)C(CCC(=O)O)NC(=O)OCC2c3ccccc3-c3ccccc32)CCC1. The van der Waals surface area contributed by atoms with Gasteiger partial charge in [0.25, 0.3) is 0 Å². The molecule has 186 valence electrons. The fourth-order valence-corrected chi connectivity index (χ4v) is 5.20. The van der Waals surface area contributed by atoms with Crippen LogP contribution in [0, 0.1) is 0 Å². The summed E-state index contributed by atoms with van der Waals surface area (Å²) in [6.45, 7) is 0.813. The average molecular weight is 480 g/mol. The first kappa shape index (κ1) is 24.7. The van der Waals surface area contributed by atoms with Gasteiger partial charge in [0.15, 0.2) is 0 Å². The first-order valence-electron chi connectivity index (χ1n) is 12.1. The number of hydrogen-bond donors (Lipinski definition) is 3. The van der Waals surface area contributed by atoms with Gasteiger partial charge in [-0.05, 0) is 62.0 Å². The number of likely N-dealkylation sites (N-methyl/N-ethyl adjacent to an activating group) is 1. The Kier molecular flexibility index (Phi) is 7.40. The highest BCUT2D eigenvalue weighted by Crippen LogP contribution is 2.44. The van der Waals surface area contributed by atoms with Crippen molar-refractivity contribution in [3.8, 4) is 11.1 Å². The van der Waals surface area contributed by atoms with Gasteiger partial charge in [0, 0.05) is 18.9 Å². The molecule has 1 saturated carbocycles. The lowest BCUT2D eigenvalue weighted by Crippen LogP contribution is -2.62. The van der Waals surface area contributed by atoms with Crippen molar-refractivity contribution in [2.75, 3.05) is 27.2 Å². The van der Waals surface area contributed by atoms with Gasteiger partial charge in [-0.25, -0.2) is 4.79 Å². The van der Waals surface area contributed by atoms with Crippen LogP contribution in [-0.2, 0) is 14.3 Å². The van der Waals surface area contributed by atoms with E-state index in [2.05, 4.69) is 22.8 Å². The molecule has 3 N–H and O–H groups in total. The number of carboxylic acid groups (broad SMARTS) is 1. The van der Waals surface area contributed by atoms with Crippen LogP contribution in [0.5, 0.6) is 0 Å². The Hall–Kier alpha value is -3.39. The van der Waals surface area contributed by atoms with E-state index in [-0.39, 0.29) is 36.8 Å². The van der Waals surface area contributed by atoms with E-state index >= 15 is 0 Å². The Bertz CT molecular complexity index is 1050. The summed E-state index contributed by atoms with van der Waals surface area (Å²) in [6, 6.07) is 15.1. The number of nitrogens with one attached hydrogen (secondary N) is 2. The summed E-state index contributed by atoms with van der Waals surface area (Å²) in [5.41, 5.74) is 4.10. The van der Waals surface area contributed by atoms with Crippen molar-refractivity contribution in [1.82, 2.24) is 15.5 Å². The molecule has 0 aromatic heterocycles. The molecule has 1 fully saturated rings. The monoisotopic (exact) mass is 479 g/mol. The molecule has 2 aliphatic carbocycles. The number of nitrogens with zero attached hydrogens (tertiary/aromatic N) is 1. The molecular formula is C27H33N3O5. The van der Waals surface area contributed by atoms with Gasteiger partial charge in [-0.3, -0.25) is 9.59 Å². The maximum Gasteiger partial charge on any atom is 0.407 e. The Morgan fingerprint density at radius 1 is 1.06 bits per heavy atom. The molecule has 1 unspecified atom stereocenters. The maximum absolute atomic E-state index is 13.1. The summed E-state index contributed by atoms with van der Waals surface area (Å²) in [5, 5.41) is 14.8. The van der Waals surface area contributed by atoms with Gasteiger partial charge >= 0.3 is 12.1 Å². The van der Waals surface area contributed by atoms with Crippen LogP contribution in [-0.4, -0.2) is 66.8 Å². The predicted molar refractivity (Wildman–Crippen MR) is 132 cm³/mol. The third-order valence-corrected chi connectivity index (χ3v) is 6.92. The van der Waals surface area contributed by atoms with Crippen LogP contribution in [0.25, 0.3) is 11.1 Å². The molecular weight excluding hydrogens is 446 g/mol. The summed E-state index contributed by atoms with van der Waals surface area (Å²) >= 11 is 0. The van der Waals surface area contributed by atoms with E-state index in [9.17, 15) is 14.4 Å². The summed E-state index contributed by atoms with van der Waals surface area (Å²) in [5.74, 6) is -1.50. The van der Waals surface area contributed by atoms with E-state index in [4.69, 9.17) is 9.84 Å². The Morgan fingerprint density at radius 3 is 2.17 bits per heavy atom. The molecule has 1 atom stereocenters. The fraction of sp³-hybridized carbons (Fsp3) is 0.444. The van der Waals surface area contributed by atoms with E-state index in [1.54, 1.807) is 0 Å². The molecule has 2 aromatic carbocycles. The summed E-state index contributed by atoms with van der Waals surface area (Å²) in [7, 11) is 3.89. The van der Waals surface area contributed by atoms with Crippen LogP contribution in [0.15, 0.2) is 48.5 Å². The molecule has 0 aliphatic heterocycles. The number of amides is 2. The largest absolute Gasteiger partial charge is 0.481 e. The van der Waals surface area contributed by atoms with Crippen LogP contribution in [0.3, 0.4) is 0 Å². The highest BCUT2D eigenvalue weighted by Gasteiger charge is 2.40. The number of carboxylic acids is 1. The second kappa shape index (κ2) is 10.5. The normalized spacial score (nSPS) is 16.5. The Morgan fingerprint density at radius 2 is 1.66 bits per heavy atom. The predicted octanol–water partition coefficient (Wildman–Crippen LogP) is 3.36. The number of aliphatic carboxylic acids is 1. The molecule has 4 rings (SSSR count). The minimum Gasteiger partial charge on any atom is -0.481 e. The first-order chi connectivity index (χ1) is 16.8. The summed E-state index contributed by atoms with van der Waals surface area (Å²) in [6.07, 6.45) is 1.76. The second-order valence-corrected chi connectivity index (χ2v) is 9.82. The Balaban J connectivity index is 1.41. The van der Waals surface area contributed by atoms with Gasteiger partial charge < -0.3 is 25.4 Å². The topological polar surface area (TPSA) is 108 Å². The van der Waals surface area contributed by atoms with Crippen LogP contribution >= 0.6 is 0 Å². The number of ether oxygens (including phenoxy) is 1. The highest BCUT2D eigenvalue weighted by atomic mass is 16.5. The number of carbonyl (C=O) groups is 3. The van der Waals surface area contributed by atoms with Gasteiger partial charge in [-0.1, -0.05) is 48.5 Å². The second-order valence-electron chi connectivity index (χ2n) is 9.82. The molecule has 0 heterocycles. The van der Waals surface area contributed by atoms with Crippen molar-refractivity contribution < 1.29 is 24.2 Å². The van der Waals surface area contributed by atoms with Crippen molar-refractivity contribution in [3.05, 3.63) is 59.7 Å². The van der Waals surface area contributed by atoms with Gasteiger partial charge in [0.2, 0.25) is 5.91 Å². The number of benzene rings is 2. The minimum atomic E-state index is -1.02. The first-order valence-corrected chi connectivity index (χ1v) is 12.1. The van der Waals surface area contributed by atoms with Gasteiger partial charge in [0.1, 0.15) is 12.6 Å². The molecule has 0 radical (unpaired) electrons. The molecule has 2 aromatic rings. The molecule has 2 aliphatic rings. The quantitative estimate of drug-likeness (QED) is 0.482. The molecule has 2 amide bonds. The highest BCUT2D eigenvalue weighted by molar-refractivity contribution is 5.87. The molecule has 8 heteroatoms. The zero-order chi connectivity index (χ0) is 25.0. The van der Waals surface area contributed by atoms with E-state index in [0.717, 1.165) is 41.5 Å². The number of fused-ring (bicyclic) bond motifs is 3. The summed E-state index contributed by atoms with van der Waals surface area (Å²) in [4.78, 5) is 39.0. The zero-order valence-electron chi connectivity index (χ0n) is 20.3. The minimum absolute atomic E-state index is 0.0105. The molecule has 35 heavy (non-hydrogen) atoms. The van der Waals surface area contributed by atoms with Crippen molar-refractivity contribution in [2.45, 2.75) is 49.6 Å². The van der Waals surface area contributed by atoms with E-state index in [1.165, 1.54) is 0 Å². The molecule has 0 spiro atoms. The number of alkyl carbamates (subject to hydrolysis) is 1. The van der Waals surface area contributed by atoms with Gasteiger partial charge in [-0.15, -0.1) is 0 Å². The lowest BCUT2D eigenvalue weighted by atomic mass is 9.76. The van der Waals surface area contributed by atoms with E-state index in [1.807, 2.05) is 55.4 Å². The van der Waals surface area contributed by atoms with Crippen molar-refractivity contribution in [1.29, 1.82) is 0 Å².